The lowest BCUT2D eigenvalue weighted by Crippen LogP contribution is -2.26. The van der Waals surface area contributed by atoms with Gasteiger partial charge in [-0.3, -0.25) is 9.78 Å². The molecule has 1 rings (SSSR count). The maximum Gasteiger partial charge on any atom is 0.255 e. The molecule has 0 saturated heterocycles. The van der Waals surface area contributed by atoms with E-state index in [4.69, 9.17) is 0 Å². The Kier molecular flexibility index (Phi) is 3.63. The molecule has 1 amide bonds. The molecule has 0 aromatic carbocycles. The summed E-state index contributed by atoms with van der Waals surface area (Å²) in [5.74, 6) is 0.0302. The van der Waals surface area contributed by atoms with Gasteiger partial charge in [0.15, 0.2) is 0 Å². The minimum atomic E-state index is 0.0302. The molecule has 0 unspecified atom stereocenters. The van der Waals surface area contributed by atoms with Gasteiger partial charge in [-0.1, -0.05) is 6.92 Å². The maximum absolute atomic E-state index is 11.7. The number of nitrogens with zero attached hydrogens (tertiary/aromatic N) is 2. The smallest absolute Gasteiger partial charge is 0.255 e. The summed E-state index contributed by atoms with van der Waals surface area (Å²) < 4.78 is 0. The van der Waals surface area contributed by atoms with E-state index < -0.39 is 0 Å². The van der Waals surface area contributed by atoms with Gasteiger partial charge in [0.1, 0.15) is 0 Å². The second kappa shape index (κ2) is 4.74. The third-order valence-corrected chi connectivity index (χ3v) is 2.25. The summed E-state index contributed by atoms with van der Waals surface area (Å²) in [5, 5.41) is 0. The van der Waals surface area contributed by atoms with Crippen LogP contribution in [0, 0.1) is 0 Å². The van der Waals surface area contributed by atoms with Crippen LogP contribution in [0.15, 0.2) is 18.3 Å². The van der Waals surface area contributed by atoms with Crippen molar-refractivity contribution in [1.29, 1.82) is 0 Å². The first kappa shape index (κ1) is 10.7. The molecular weight excluding hydrogens is 176 g/mol. The summed E-state index contributed by atoms with van der Waals surface area (Å²) in [7, 11) is 1.79. The second-order valence-corrected chi connectivity index (χ2v) is 3.21. The predicted molar refractivity (Wildman–Crippen MR) is 56.2 cm³/mol. The monoisotopic (exact) mass is 192 g/mol. The molecule has 0 aliphatic carbocycles. The van der Waals surface area contributed by atoms with Crippen molar-refractivity contribution in [3.63, 3.8) is 0 Å². The SMILES string of the molecule is CCc1ccc(C(=O)N(C)CC)cn1. The van der Waals surface area contributed by atoms with Crippen LogP contribution in [0.5, 0.6) is 0 Å². The number of aryl methyl sites for hydroxylation is 1. The van der Waals surface area contributed by atoms with E-state index in [1.807, 2.05) is 26.0 Å². The van der Waals surface area contributed by atoms with Crippen molar-refractivity contribution < 1.29 is 4.79 Å². The van der Waals surface area contributed by atoms with Gasteiger partial charge in [0.2, 0.25) is 0 Å². The summed E-state index contributed by atoms with van der Waals surface area (Å²) >= 11 is 0. The summed E-state index contributed by atoms with van der Waals surface area (Å²) in [4.78, 5) is 17.5. The predicted octanol–water partition coefficient (Wildman–Crippen LogP) is 1.74. The highest BCUT2D eigenvalue weighted by Crippen LogP contribution is 2.03. The highest BCUT2D eigenvalue weighted by atomic mass is 16.2. The number of pyridine rings is 1. The quantitative estimate of drug-likeness (QED) is 0.730. The fraction of sp³-hybridized carbons (Fsp3) is 0.455. The van der Waals surface area contributed by atoms with E-state index in [1.54, 1.807) is 18.1 Å². The van der Waals surface area contributed by atoms with Gasteiger partial charge >= 0.3 is 0 Å². The third kappa shape index (κ3) is 2.31. The molecule has 1 heterocycles. The van der Waals surface area contributed by atoms with Gasteiger partial charge in [0.25, 0.3) is 5.91 Å². The summed E-state index contributed by atoms with van der Waals surface area (Å²) in [6.07, 6.45) is 2.55. The number of aromatic nitrogens is 1. The van der Waals surface area contributed by atoms with Crippen molar-refractivity contribution in [3.05, 3.63) is 29.6 Å². The fourth-order valence-electron chi connectivity index (χ4n) is 1.12. The lowest BCUT2D eigenvalue weighted by Gasteiger charge is -2.13. The van der Waals surface area contributed by atoms with Crippen LogP contribution in [-0.4, -0.2) is 29.4 Å². The number of carbonyl (C=O) groups excluding carboxylic acids is 1. The standard InChI is InChI=1S/C11H16N2O/c1-4-10-7-6-9(8-12-10)11(14)13(3)5-2/h6-8H,4-5H2,1-3H3. The third-order valence-electron chi connectivity index (χ3n) is 2.25. The van der Waals surface area contributed by atoms with E-state index in [0.717, 1.165) is 12.1 Å². The summed E-state index contributed by atoms with van der Waals surface area (Å²) in [6.45, 7) is 4.71. The van der Waals surface area contributed by atoms with Gasteiger partial charge in [0, 0.05) is 25.5 Å². The van der Waals surface area contributed by atoms with Crippen LogP contribution in [-0.2, 0) is 6.42 Å². The molecule has 0 spiro atoms. The summed E-state index contributed by atoms with van der Waals surface area (Å²) in [5.41, 5.74) is 1.67. The average Bonchev–Trinajstić information content (AvgIpc) is 2.27. The van der Waals surface area contributed by atoms with Gasteiger partial charge in [-0.25, -0.2) is 0 Å². The molecule has 1 aromatic heterocycles. The first-order valence-corrected chi connectivity index (χ1v) is 4.89. The second-order valence-electron chi connectivity index (χ2n) is 3.21. The first-order chi connectivity index (χ1) is 6.69. The van der Waals surface area contributed by atoms with Crippen LogP contribution in [0.2, 0.25) is 0 Å². The number of amides is 1. The Morgan fingerprint density at radius 3 is 2.57 bits per heavy atom. The van der Waals surface area contributed by atoms with E-state index in [2.05, 4.69) is 4.98 Å². The molecule has 0 N–H and O–H groups in total. The Morgan fingerprint density at radius 2 is 2.14 bits per heavy atom. The van der Waals surface area contributed by atoms with E-state index in [0.29, 0.717) is 12.1 Å². The van der Waals surface area contributed by atoms with Crippen molar-refractivity contribution >= 4 is 5.91 Å². The molecule has 1 aromatic rings. The molecular formula is C11H16N2O. The lowest BCUT2D eigenvalue weighted by atomic mass is 10.2. The number of hydrogen-bond acceptors (Lipinski definition) is 2. The number of hydrogen-bond donors (Lipinski definition) is 0. The van der Waals surface area contributed by atoms with Crippen molar-refractivity contribution in [2.45, 2.75) is 20.3 Å². The van der Waals surface area contributed by atoms with E-state index >= 15 is 0 Å². The maximum atomic E-state index is 11.7. The minimum absolute atomic E-state index is 0.0302. The fourth-order valence-corrected chi connectivity index (χ4v) is 1.12. The molecule has 3 heteroatoms. The molecule has 0 aliphatic rings. The molecule has 14 heavy (non-hydrogen) atoms. The Balaban J connectivity index is 2.81. The van der Waals surface area contributed by atoms with E-state index in [1.165, 1.54) is 0 Å². The zero-order valence-electron chi connectivity index (χ0n) is 8.95. The number of rotatable bonds is 3. The van der Waals surface area contributed by atoms with Crippen LogP contribution < -0.4 is 0 Å². The molecule has 0 atom stereocenters. The molecule has 76 valence electrons. The normalized spacial score (nSPS) is 9.93. The van der Waals surface area contributed by atoms with Crippen LogP contribution in [0.4, 0.5) is 0 Å². The van der Waals surface area contributed by atoms with Crippen LogP contribution in [0.3, 0.4) is 0 Å². The molecule has 3 nitrogen and oxygen atoms in total. The Morgan fingerprint density at radius 1 is 1.43 bits per heavy atom. The first-order valence-electron chi connectivity index (χ1n) is 4.89. The van der Waals surface area contributed by atoms with Gasteiger partial charge in [-0.15, -0.1) is 0 Å². The Hall–Kier alpha value is -1.38. The zero-order chi connectivity index (χ0) is 10.6. The topological polar surface area (TPSA) is 33.2 Å². The lowest BCUT2D eigenvalue weighted by molar-refractivity contribution is 0.0802. The molecule has 0 bridgehead atoms. The highest BCUT2D eigenvalue weighted by molar-refractivity contribution is 5.93. The van der Waals surface area contributed by atoms with Crippen molar-refractivity contribution in [3.8, 4) is 0 Å². The van der Waals surface area contributed by atoms with Crippen LogP contribution in [0.1, 0.15) is 29.9 Å². The minimum Gasteiger partial charge on any atom is -0.342 e. The Labute approximate surface area is 84.8 Å². The van der Waals surface area contributed by atoms with Gasteiger partial charge in [-0.05, 0) is 25.5 Å². The molecule has 0 radical (unpaired) electrons. The van der Waals surface area contributed by atoms with Crippen LogP contribution >= 0.6 is 0 Å². The molecule has 0 fully saturated rings. The van der Waals surface area contributed by atoms with Crippen molar-refractivity contribution in [2.75, 3.05) is 13.6 Å². The molecule has 0 saturated carbocycles. The molecule has 0 aliphatic heterocycles. The van der Waals surface area contributed by atoms with Crippen molar-refractivity contribution in [2.24, 2.45) is 0 Å². The van der Waals surface area contributed by atoms with Crippen LogP contribution in [0.25, 0.3) is 0 Å². The summed E-state index contributed by atoms with van der Waals surface area (Å²) in [6, 6.07) is 3.73. The van der Waals surface area contributed by atoms with Crippen molar-refractivity contribution in [1.82, 2.24) is 9.88 Å². The highest BCUT2D eigenvalue weighted by Gasteiger charge is 2.09. The van der Waals surface area contributed by atoms with Gasteiger partial charge in [0.05, 0.1) is 5.56 Å². The largest absolute Gasteiger partial charge is 0.342 e. The average molecular weight is 192 g/mol. The van der Waals surface area contributed by atoms with E-state index in [9.17, 15) is 4.79 Å². The van der Waals surface area contributed by atoms with E-state index in [-0.39, 0.29) is 5.91 Å². The van der Waals surface area contributed by atoms with Gasteiger partial charge in [-0.2, -0.15) is 0 Å². The Bertz CT molecular complexity index is 306. The zero-order valence-corrected chi connectivity index (χ0v) is 8.95. The van der Waals surface area contributed by atoms with Gasteiger partial charge < -0.3 is 4.90 Å². The number of carbonyl (C=O) groups is 1.